The Hall–Kier alpha value is -2.33. The number of nitriles is 3. The number of hydrogen-bond acceptors (Lipinski definition) is 6. The highest BCUT2D eigenvalue weighted by molar-refractivity contribution is 5.57. The summed E-state index contributed by atoms with van der Waals surface area (Å²) in [4.78, 5) is 2.27. The fraction of sp³-hybridized carbons (Fsp3) is 0.632. The molecule has 0 unspecified atom stereocenters. The van der Waals surface area contributed by atoms with E-state index in [1.165, 1.54) is 0 Å². The maximum Gasteiger partial charge on any atom is 0.134 e. The molecule has 2 rings (SSSR count). The molecule has 6 nitrogen and oxygen atoms in total. The number of nitrogens with two attached hydrogens (primary N) is 1. The first-order valence-corrected chi connectivity index (χ1v) is 8.81. The summed E-state index contributed by atoms with van der Waals surface area (Å²) in [5, 5.41) is 31.7. The normalized spacial score (nSPS) is 20.6. The molecule has 1 heterocycles. The van der Waals surface area contributed by atoms with Crippen molar-refractivity contribution in [1.29, 1.82) is 15.8 Å². The van der Waals surface area contributed by atoms with Gasteiger partial charge in [0.1, 0.15) is 23.8 Å². The minimum atomic E-state index is -0.0708. The van der Waals surface area contributed by atoms with Crippen molar-refractivity contribution in [2.24, 2.45) is 11.1 Å². The van der Waals surface area contributed by atoms with Crippen molar-refractivity contribution >= 4 is 0 Å². The van der Waals surface area contributed by atoms with Crippen molar-refractivity contribution in [2.45, 2.75) is 45.6 Å². The Balaban J connectivity index is 2.31. The average Bonchev–Trinajstić information content (AvgIpc) is 2.60. The molecule has 25 heavy (non-hydrogen) atoms. The van der Waals surface area contributed by atoms with Crippen LogP contribution in [0.2, 0.25) is 0 Å². The van der Waals surface area contributed by atoms with Gasteiger partial charge in [-0.1, -0.05) is 13.8 Å². The Morgan fingerprint density at radius 2 is 1.84 bits per heavy atom. The molecule has 0 spiro atoms. The molecule has 1 aliphatic heterocycles. The lowest BCUT2D eigenvalue weighted by Crippen LogP contribution is -2.44. The molecule has 0 atom stereocenters. The summed E-state index contributed by atoms with van der Waals surface area (Å²) in [5.41, 5.74) is 7.69. The molecule has 1 fully saturated rings. The molecule has 0 radical (unpaired) electrons. The van der Waals surface area contributed by atoms with Gasteiger partial charge in [-0.2, -0.15) is 15.8 Å². The fourth-order valence-electron chi connectivity index (χ4n) is 3.76. The minimum Gasteiger partial charge on any atom is -0.374 e. The van der Waals surface area contributed by atoms with E-state index >= 15 is 0 Å². The van der Waals surface area contributed by atoms with Crippen molar-refractivity contribution in [3.8, 4) is 18.2 Å². The van der Waals surface area contributed by atoms with Crippen LogP contribution in [0.15, 0.2) is 22.4 Å². The molecule has 3 N–H and O–H groups in total. The lowest BCUT2D eigenvalue weighted by atomic mass is 9.72. The van der Waals surface area contributed by atoms with E-state index in [0.717, 1.165) is 44.6 Å². The van der Waals surface area contributed by atoms with Crippen molar-refractivity contribution < 1.29 is 0 Å². The van der Waals surface area contributed by atoms with E-state index in [9.17, 15) is 15.8 Å². The number of piperidine rings is 1. The molecular formula is C19H26N6. The van der Waals surface area contributed by atoms with Crippen molar-refractivity contribution in [3.05, 3.63) is 22.4 Å². The van der Waals surface area contributed by atoms with Gasteiger partial charge in [-0.15, -0.1) is 0 Å². The molecule has 2 aliphatic rings. The zero-order chi connectivity index (χ0) is 18.4. The second kappa shape index (κ2) is 8.17. The van der Waals surface area contributed by atoms with E-state index in [0.29, 0.717) is 30.2 Å². The highest BCUT2D eigenvalue weighted by Gasteiger charge is 2.35. The number of nitrogens with zero attached hydrogens (tertiary/aromatic N) is 4. The second-order valence-corrected chi connectivity index (χ2v) is 7.53. The van der Waals surface area contributed by atoms with Crippen LogP contribution in [0.25, 0.3) is 0 Å². The SMILES string of the molecule is CC1(C)CC(=C(C#N)C#N)C(C#N)=C(N2CCC(NCCN)CC2)C1. The summed E-state index contributed by atoms with van der Waals surface area (Å²) < 4.78 is 0. The summed E-state index contributed by atoms with van der Waals surface area (Å²) in [6.45, 7) is 7.47. The average molecular weight is 338 g/mol. The molecule has 6 heteroatoms. The third-order valence-electron chi connectivity index (χ3n) is 4.98. The Labute approximate surface area is 150 Å². The van der Waals surface area contributed by atoms with Crippen molar-refractivity contribution in [1.82, 2.24) is 10.2 Å². The lowest BCUT2D eigenvalue weighted by molar-refractivity contribution is 0.208. The van der Waals surface area contributed by atoms with Gasteiger partial charge in [0.25, 0.3) is 0 Å². The first-order valence-electron chi connectivity index (χ1n) is 8.81. The van der Waals surface area contributed by atoms with Crippen LogP contribution in [-0.2, 0) is 0 Å². The zero-order valence-corrected chi connectivity index (χ0v) is 15.1. The van der Waals surface area contributed by atoms with Crippen LogP contribution in [0.1, 0.15) is 39.5 Å². The standard InChI is InChI=1S/C19H26N6/c1-19(2)9-16(14(11-21)12-22)17(13-23)18(10-19)25-7-3-15(4-8-25)24-6-5-20/h15,24H,3-10,20H2,1-2H3. The molecule has 0 aromatic carbocycles. The third-order valence-corrected chi connectivity index (χ3v) is 4.98. The van der Waals surface area contributed by atoms with Gasteiger partial charge in [0.2, 0.25) is 0 Å². The number of hydrogen-bond donors (Lipinski definition) is 2. The zero-order valence-electron chi connectivity index (χ0n) is 15.1. The number of rotatable bonds is 4. The highest BCUT2D eigenvalue weighted by atomic mass is 15.2. The van der Waals surface area contributed by atoms with Gasteiger partial charge in [-0.05, 0) is 31.1 Å². The Morgan fingerprint density at radius 1 is 1.20 bits per heavy atom. The van der Waals surface area contributed by atoms with Gasteiger partial charge in [0.15, 0.2) is 0 Å². The molecule has 0 aromatic heterocycles. The van der Waals surface area contributed by atoms with Crippen molar-refractivity contribution in [3.63, 3.8) is 0 Å². The van der Waals surface area contributed by atoms with Crippen LogP contribution in [0.5, 0.6) is 0 Å². The third kappa shape index (κ3) is 4.40. The Bertz CT molecular complexity index is 671. The van der Waals surface area contributed by atoms with E-state index in [1.54, 1.807) is 0 Å². The Morgan fingerprint density at radius 3 is 2.36 bits per heavy atom. The van der Waals surface area contributed by atoms with E-state index < -0.39 is 0 Å². The van der Waals surface area contributed by atoms with Gasteiger partial charge < -0.3 is 16.0 Å². The summed E-state index contributed by atoms with van der Waals surface area (Å²) in [6.07, 6.45) is 3.39. The van der Waals surface area contributed by atoms with Crippen LogP contribution < -0.4 is 11.1 Å². The fourth-order valence-corrected chi connectivity index (χ4v) is 3.76. The molecular weight excluding hydrogens is 312 g/mol. The van der Waals surface area contributed by atoms with Crippen molar-refractivity contribution in [2.75, 3.05) is 26.2 Å². The molecule has 132 valence electrons. The number of allylic oxidation sites excluding steroid dienone is 4. The van der Waals surface area contributed by atoms with E-state index in [4.69, 9.17) is 5.73 Å². The Kier molecular flexibility index (Phi) is 6.21. The lowest BCUT2D eigenvalue weighted by Gasteiger charge is -2.41. The highest BCUT2D eigenvalue weighted by Crippen LogP contribution is 2.44. The quantitative estimate of drug-likeness (QED) is 0.757. The maximum atomic E-state index is 9.73. The van der Waals surface area contributed by atoms with E-state index in [2.05, 4.69) is 30.1 Å². The summed E-state index contributed by atoms with van der Waals surface area (Å²) >= 11 is 0. The topological polar surface area (TPSA) is 113 Å². The summed E-state index contributed by atoms with van der Waals surface area (Å²) in [6, 6.07) is 6.68. The largest absolute Gasteiger partial charge is 0.374 e. The van der Waals surface area contributed by atoms with E-state index in [1.807, 2.05) is 12.1 Å². The molecule has 0 bridgehead atoms. The molecule has 1 saturated heterocycles. The predicted octanol–water partition coefficient (Wildman–Crippen LogP) is 1.94. The predicted molar refractivity (Wildman–Crippen MR) is 95.6 cm³/mol. The number of nitrogens with one attached hydrogen (secondary N) is 1. The first kappa shape index (κ1) is 19.0. The molecule has 0 aromatic rings. The monoisotopic (exact) mass is 338 g/mol. The second-order valence-electron chi connectivity index (χ2n) is 7.53. The maximum absolute atomic E-state index is 9.73. The number of likely N-dealkylation sites (tertiary alicyclic amines) is 1. The molecule has 0 saturated carbocycles. The van der Waals surface area contributed by atoms with Gasteiger partial charge in [0, 0.05) is 43.5 Å². The van der Waals surface area contributed by atoms with Crippen LogP contribution in [0, 0.1) is 39.4 Å². The van der Waals surface area contributed by atoms with Gasteiger partial charge in [0.05, 0.1) is 5.57 Å². The van der Waals surface area contributed by atoms with Crippen LogP contribution in [-0.4, -0.2) is 37.1 Å². The van der Waals surface area contributed by atoms with Crippen LogP contribution in [0.4, 0.5) is 0 Å². The minimum absolute atomic E-state index is 0.0707. The summed E-state index contributed by atoms with van der Waals surface area (Å²) in [7, 11) is 0. The van der Waals surface area contributed by atoms with Gasteiger partial charge in [-0.25, -0.2) is 0 Å². The first-order chi connectivity index (χ1) is 12.0. The molecule has 0 amide bonds. The van der Waals surface area contributed by atoms with E-state index in [-0.39, 0.29) is 11.0 Å². The molecule has 1 aliphatic carbocycles. The van der Waals surface area contributed by atoms with Crippen LogP contribution in [0.3, 0.4) is 0 Å². The summed E-state index contributed by atoms with van der Waals surface area (Å²) in [5.74, 6) is 0. The smallest absolute Gasteiger partial charge is 0.134 e. The van der Waals surface area contributed by atoms with Gasteiger partial charge in [-0.3, -0.25) is 0 Å². The van der Waals surface area contributed by atoms with Crippen LogP contribution >= 0.6 is 0 Å². The van der Waals surface area contributed by atoms with Gasteiger partial charge >= 0.3 is 0 Å².